The van der Waals surface area contributed by atoms with Gasteiger partial charge in [0.05, 0.1) is 5.56 Å². The summed E-state index contributed by atoms with van der Waals surface area (Å²) in [6.07, 6.45) is -2.20. The number of nitrogens with zero attached hydrogens (tertiary/aromatic N) is 2. The number of anilines is 1. The third kappa shape index (κ3) is 4.15. The zero-order valence-electron chi connectivity index (χ0n) is 13.2. The molecule has 0 saturated heterocycles. The first kappa shape index (κ1) is 17.4. The van der Waals surface area contributed by atoms with Crippen LogP contribution in [0.1, 0.15) is 16.1 Å². The lowest BCUT2D eigenvalue weighted by Gasteiger charge is -2.11. The number of hydrogen-bond acceptors (Lipinski definition) is 4. The van der Waals surface area contributed by atoms with Crippen LogP contribution < -0.4 is 10.1 Å². The molecule has 3 rings (SSSR count). The van der Waals surface area contributed by atoms with Gasteiger partial charge in [-0.15, -0.1) is 0 Å². The maximum atomic E-state index is 12.5. The highest BCUT2D eigenvalue weighted by atomic mass is 19.4. The number of rotatable bonds is 4. The normalized spacial score (nSPS) is 11.0. The fourth-order valence-corrected chi connectivity index (χ4v) is 2.06. The van der Waals surface area contributed by atoms with E-state index in [9.17, 15) is 18.0 Å². The predicted octanol–water partition coefficient (Wildman–Crippen LogP) is 4.54. The van der Waals surface area contributed by atoms with Crippen LogP contribution in [0.4, 0.5) is 18.9 Å². The molecule has 1 aromatic carbocycles. The molecule has 0 unspecified atom stereocenters. The topological polar surface area (TPSA) is 64.1 Å². The molecule has 132 valence electrons. The minimum atomic E-state index is -4.56. The van der Waals surface area contributed by atoms with Crippen LogP contribution in [0.15, 0.2) is 67.0 Å². The number of alkyl halides is 3. The lowest BCUT2D eigenvalue weighted by Crippen LogP contribution is -2.15. The summed E-state index contributed by atoms with van der Waals surface area (Å²) in [6.45, 7) is 0. The number of ether oxygens (including phenoxy) is 1. The van der Waals surface area contributed by atoms with E-state index >= 15 is 0 Å². The lowest BCUT2D eigenvalue weighted by molar-refractivity contribution is -0.141. The summed E-state index contributed by atoms with van der Waals surface area (Å²) in [5, 5.41) is 2.56. The second-order valence-corrected chi connectivity index (χ2v) is 5.16. The van der Waals surface area contributed by atoms with Crippen LogP contribution in [0.5, 0.6) is 11.6 Å². The molecular weight excluding hydrogens is 347 g/mol. The Morgan fingerprint density at radius 2 is 1.73 bits per heavy atom. The SMILES string of the molecule is O=C(Nc1cccnc1Oc1ccccc1)c1ccc(C(F)(F)F)nc1. The van der Waals surface area contributed by atoms with E-state index in [-0.39, 0.29) is 17.1 Å². The average Bonchev–Trinajstić information content (AvgIpc) is 2.63. The Balaban J connectivity index is 1.77. The van der Waals surface area contributed by atoms with Gasteiger partial charge in [-0.25, -0.2) is 4.98 Å². The van der Waals surface area contributed by atoms with Crippen LogP contribution in [0, 0.1) is 0 Å². The molecule has 0 bridgehead atoms. The van der Waals surface area contributed by atoms with Crippen LogP contribution >= 0.6 is 0 Å². The maximum absolute atomic E-state index is 12.5. The van der Waals surface area contributed by atoms with Crippen molar-refractivity contribution in [1.82, 2.24) is 9.97 Å². The molecule has 26 heavy (non-hydrogen) atoms. The Morgan fingerprint density at radius 3 is 2.38 bits per heavy atom. The zero-order valence-corrected chi connectivity index (χ0v) is 13.2. The number of aromatic nitrogens is 2. The first-order chi connectivity index (χ1) is 12.4. The van der Waals surface area contributed by atoms with Crippen molar-refractivity contribution in [3.05, 3.63) is 78.2 Å². The molecule has 0 aliphatic heterocycles. The number of pyridine rings is 2. The molecule has 0 radical (unpaired) electrons. The van der Waals surface area contributed by atoms with Crippen LogP contribution in [0.2, 0.25) is 0 Å². The van der Waals surface area contributed by atoms with Crippen molar-refractivity contribution in [3.63, 3.8) is 0 Å². The summed E-state index contributed by atoms with van der Waals surface area (Å²) in [5.74, 6) is 0.0574. The highest BCUT2D eigenvalue weighted by Gasteiger charge is 2.32. The fourth-order valence-electron chi connectivity index (χ4n) is 2.06. The molecule has 8 heteroatoms. The summed E-state index contributed by atoms with van der Waals surface area (Å²) in [7, 11) is 0. The fraction of sp³-hybridized carbons (Fsp3) is 0.0556. The second kappa shape index (κ2) is 7.22. The standard InChI is InChI=1S/C18H12F3N3O2/c19-18(20,21)15-9-8-12(11-23-15)16(25)24-14-7-4-10-22-17(14)26-13-5-2-1-3-6-13/h1-11H,(H,24,25). The molecule has 2 heterocycles. The highest BCUT2D eigenvalue weighted by molar-refractivity contribution is 6.04. The molecule has 3 aromatic rings. The number of nitrogens with one attached hydrogen (secondary N) is 1. The number of benzene rings is 1. The number of hydrogen-bond donors (Lipinski definition) is 1. The molecule has 0 aliphatic rings. The maximum Gasteiger partial charge on any atom is 0.433 e. The molecule has 2 aromatic heterocycles. The number of halogens is 3. The van der Waals surface area contributed by atoms with Crippen molar-refractivity contribution >= 4 is 11.6 Å². The molecular formula is C18H12F3N3O2. The van der Waals surface area contributed by atoms with Crippen molar-refractivity contribution in [1.29, 1.82) is 0 Å². The zero-order chi connectivity index (χ0) is 18.6. The van der Waals surface area contributed by atoms with Gasteiger partial charge in [0.2, 0.25) is 5.88 Å². The summed E-state index contributed by atoms with van der Waals surface area (Å²) in [6, 6.07) is 13.8. The first-order valence-electron chi connectivity index (χ1n) is 7.46. The largest absolute Gasteiger partial charge is 0.437 e. The first-order valence-corrected chi connectivity index (χ1v) is 7.46. The smallest absolute Gasteiger partial charge is 0.433 e. The van der Waals surface area contributed by atoms with E-state index in [1.54, 1.807) is 36.4 Å². The summed E-state index contributed by atoms with van der Waals surface area (Å²) >= 11 is 0. The molecule has 1 amide bonds. The van der Waals surface area contributed by atoms with Crippen molar-refractivity contribution < 1.29 is 22.7 Å². The Morgan fingerprint density at radius 1 is 0.962 bits per heavy atom. The van der Waals surface area contributed by atoms with Crippen molar-refractivity contribution in [3.8, 4) is 11.6 Å². The van der Waals surface area contributed by atoms with E-state index in [1.165, 1.54) is 6.20 Å². The van der Waals surface area contributed by atoms with E-state index in [0.717, 1.165) is 18.3 Å². The summed E-state index contributed by atoms with van der Waals surface area (Å²) in [5.41, 5.74) is -0.808. The van der Waals surface area contributed by atoms with Crippen LogP contribution in [-0.4, -0.2) is 15.9 Å². The molecule has 0 spiro atoms. The average molecular weight is 359 g/mol. The van der Waals surface area contributed by atoms with Gasteiger partial charge in [-0.1, -0.05) is 18.2 Å². The van der Waals surface area contributed by atoms with E-state index in [2.05, 4.69) is 15.3 Å². The summed E-state index contributed by atoms with van der Waals surface area (Å²) in [4.78, 5) is 19.6. The molecule has 1 N–H and O–H groups in total. The third-order valence-corrected chi connectivity index (χ3v) is 3.29. The predicted molar refractivity (Wildman–Crippen MR) is 87.9 cm³/mol. The minimum Gasteiger partial charge on any atom is -0.437 e. The van der Waals surface area contributed by atoms with E-state index in [1.807, 2.05) is 6.07 Å². The number of amides is 1. The van der Waals surface area contributed by atoms with Crippen LogP contribution in [0.25, 0.3) is 0 Å². The quantitative estimate of drug-likeness (QED) is 0.743. The number of carbonyl (C=O) groups is 1. The monoisotopic (exact) mass is 359 g/mol. The van der Waals surface area contributed by atoms with Crippen LogP contribution in [-0.2, 0) is 6.18 Å². The van der Waals surface area contributed by atoms with Gasteiger partial charge in [0, 0.05) is 12.4 Å². The van der Waals surface area contributed by atoms with E-state index in [0.29, 0.717) is 5.75 Å². The van der Waals surface area contributed by atoms with E-state index in [4.69, 9.17) is 4.74 Å². The molecule has 0 atom stereocenters. The van der Waals surface area contributed by atoms with Gasteiger partial charge in [-0.3, -0.25) is 9.78 Å². The Hall–Kier alpha value is -3.42. The van der Waals surface area contributed by atoms with Gasteiger partial charge in [0.1, 0.15) is 17.1 Å². The Kier molecular flexibility index (Phi) is 4.83. The van der Waals surface area contributed by atoms with Crippen molar-refractivity contribution in [2.24, 2.45) is 0 Å². The Bertz CT molecular complexity index is 898. The van der Waals surface area contributed by atoms with Gasteiger partial charge in [-0.05, 0) is 36.4 Å². The molecule has 5 nitrogen and oxygen atoms in total. The number of carbonyl (C=O) groups excluding carboxylic acids is 1. The molecule has 0 fully saturated rings. The Labute approximate surface area is 146 Å². The van der Waals surface area contributed by atoms with Gasteiger partial charge >= 0.3 is 6.18 Å². The highest BCUT2D eigenvalue weighted by Crippen LogP contribution is 2.28. The van der Waals surface area contributed by atoms with Crippen molar-refractivity contribution in [2.45, 2.75) is 6.18 Å². The number of para-hydroxylation sites is 1. The summed E-state index contributed by atoms with van der Waals surface area (Å²) < 4.78 is 43.2. The van der Waals surface area contributed by atoms with E-state index < -0.39 is 17.8 Å². The van der Waals surface area contributed by atoms with Gasteiger partial charge in [-0.2, -0.15) is 13.2 Å². The lowest BCUT2D eigenvalue weighted by atomic mass is 10.2. The second-order valence-electron chi connectivity index (χ2n) is 5.16. The van der Waals surface area contributed by atoms with Crippen molar-refractivity contribution in [2.75, 3.05) is 5.32 Å². The minimum absolute atomic E-state index is 0.0208. The molecule has 0 saturated carbocycles. The van der Waals surface area contributed by atoms with Gasteiger partial charge in [0.25, 0.3) is 5.91 Å². The van der Waals surface area contributed by atoms with Gasteiger partial charge in [0.15, 0.2) is 0 Å². The molecule has 0 aliphatic carbocycles. The van der Waals surface area contributed by atoms with Gasteiger partial charge < -0.3 is 10.1 Å². The third-order valence-electron chi connectivity index (χ3n) is 3.29. The van der Waals surface area contributed by atoms with Crippen LogP contribution in [0.3, 0.4) is 0 Å².